The molecule has 0 aliphatic carbocycles. The van der Waals surface area contributed by atoms with E-state index in [1.54, 1.807) is 0 Å². The van der Waals surface area contributed by atoms with Gasteiger partial charge in [-0.25, -0.2) is 0 Å². The van der Waals surface area contributed by atoms with E-state index in [1.165, 1.54) is 270 Å². The topological polar surface area (TPSA) is 149 Å². The molecule has 0 atom stereocenters. The van der Waals surface area contributed by atoms with Gasteiger partial charge < -0.3 is 20.4 Å². The molecule has 0 fully saturated rings. The van der Waals surface area contributed by atoms with Gasteiger partial charge in [-0.3, -0.25) is 19.2 Å². The average molecular weight is 1080 g/mol. The summed E-state index contributed by atoms with van der Waals surface area (Å²) in [6.45, 7) is 24.7. The first-order valence-electron chi connectivity index (χ1n) is 33.2. The molecule has 0 heterocycles. The number of unbranched alkanes of at least 4 members (excludes halogenated alkanes) is 27. The Morgan fingerprint density at radius 1 is 0.237 bits per heavy atom. The van der Waals surface area contributed by atoms with Crippen LogP contribution in [0, 0.1) is 21.7 Å². The minimum Gasteiger partial charge on any atom is -0.481 e. The quantitative estimate of drug-likeness (QED) is 0.0440. The van der Waals surface area contributed by atoms with Crippen LogP contribution in [-0.2, 0) is 19.2 Å². The van der Waals surface area contributed by atoms with Gasteiger partial charge >= 0.3 is 5.97 Å². The predicted molar refractivity (Wildman–Crippen MR) is 330 cm³/mol. The van der Waals surface area contributed by atoms with Crippen LogP contribution in [0.2, 0.25) is 0 Å². The monoisotopic (exact) mass is 1080 g/mol. The lowest BCUT2D eigenvalue weighted by Gasteiger charge is -2.64. The van der Waals surface area contributed by atoms with Gasteiger partial charge in [0.15, 0.2) is 0 Å². The molecule has 8 heteroatoms. The maximum absolute atomic E-state index is 13.9. The standard InChI is InChI=1S/C62H124O2.3C2H4O2/c1-10-19-28-37-47-59(58(63)64,48-38-29-20-11-2)49-46-55-61(53-42-33-24-15-6,54-43-34-25-16-7)62(56-44-35-26-17-8,57-45-36-27-18-9)60(50-39-30-21-12-3,51-40-31-22-13-4)52-41-32-23-14-5;3*1-2(3)4/h10-57H2,1-9H3,(H,63,64);3*1H3,(H,3,4). The van der Waals surface area contributed by atoms with E-state index in [4.69, 9.17) is 29.7 Å². The summed E-state index contributed by atoms with van der Waals surface area (Å²) in [4.78, 5) is 40.9. The van der Waals surface area contributed by atoms with Crippen molar-refractivity contribution in [3.05, 3.63) is 0 Å². The van der Waals surface area contributed by atoms with Gasteiger partial charge in [0.25, 0.3) is 17.9 Å². The maximum Gasteiger partial charge on any atom is 0.309 e. The van der Waals surface area contributed by atoms with Gasteiger partial charge in [-0.1, -0.05) is 300 Å². The molecule has 0 radical (unpaired) electrons. The van der Waals surface area contributed by atoms with Gasteiger partial charge in [0, 0.05) is 20.8 Å². The summed E-state index contributed by atoms with van der Waals surface area (Å²) in [5.74, 6) is -2.96. The Kier molecular flexibility index (Phi) is 59.4. The maximum atomic E-state index is 13.9. The third-order valence-electron chi connectivity index (χ3n) is 17.3. The van der Waals surface area contributed by atoms with Crippen LogP contribution in [0.3, 0.4) is 0 Å². The van der Waals surface area contributed by atoms with Gasteiger partial charge in [-0.15, -0.1) is 0 Å². The van der Waals surface area contributed by atoms with Gasteiger partial charge in [-0.05, 0) is 86.9 Å². The predicted octanol–water partition coefficient (Wildman–Crippen LogP) is 23.2. The first-order valence-corrected chi connectivity index (χ1v) is 33.2. The summed E-state index contributed by atoms with van der Waals surface area (Å²) in [6, 6.07) is 0. The first-order chi connectivity index (χ1) is 36.4. The summed E-state index contributed by atoms with van der Waals surface area (Å²) in [5.41, 5.74) is 0.418. The van der Waals surface area contributed by atoms with Crippen molar-refractivity contribution in [2.45, 2.75) is 391 Å². The number of aliphatic carboxylic acids is 4. The number of hydrogen-bond acceptors (Lipinski definition) is 4. The molecule has 0 bridgehead atoms. The van der Waals surface area contributed by atoms with Gasteiger partial charge in [0.1, 0.15) is 0 Å². The first kappa shape index (κ1) is 80.4. The molecule has 0 aromatic carbocycles. The van der Waals surface area contributed by atoms with Crippen molar-refractivity contribution in [3.63, 3.8) is 0 Å². The molecule has 0 saturated carbocycles. The van der Waals surface area contributed by atoms with E-state index >= 15 is 0 Å². The second kappa shape index (κ2) is 56.2. The molecule has 0 aliphatic rings. The van der Waals surface area contributed by atoms with Crippen LogP contribution in [-0.4, -0.2) is 44.3 Å². The molecule has 456 valence electrons. The van der Waals surface area contributed by atoms with Crippen LogP contribution in [0.25, 0.3) is 0 Å². The Bertz CT molecular complexity index is 1170. The normalized spacial score (nSPS) is 11.7. The molecule has 0 rings (SSSR count). The highest BCUT2D eigenvalue weighted by atomic mass is 16.4. The lowest BCUT2D eigenvalue weighted by molar-refractivity contribution is -0.153. The molecule has 0 spiro atoms. The summed E-state index contributed by atoms with van der Waals surface area (Å²) >= 11 is 0. The minimum atomic E-state index is -0.833. The van der Waals surface area contributed by atoms with Crippen LogP contribution in [0.4, 0.5) is 0 Å². The lowest BCUT2D eigenvalue weighted by atomic mass is 9.41. The zero-order valence-electron chi connectivity index (χ0n) is 53.4. The number of rotatable bonds is 52. The van der Waals surface area contributed by atoms with E-state index in [0.29, 0.717) is 10.8 Å². The highest BCUT2D eigenvalue weighted by molar-refractivity contribution is 5.74. The number of carboxylic acid groups (broad SMARTS) is 4. The van der Waals surface area contributed by atoms with Crippen LogP contribution in [0.1, 0.15) is 391 Å². The Hall–Kier alpha value is -2.12. The molecule has 8 nitrogen and oxygen atoms in total. The summed E-state index contributed by atoms with van der Waals surface area (Å²) in [7, 11) is 0. The van der Waals surface area contributed by atoms with Crippen LogP contribution in [0.15, 0.2) is 0 Å². The summed E-state index contributed by atoms with van der Waals surface area (Å²) in [5, 5.41) is 33.7. The van der Waals surface area contributed by atoms with Crippen molar-refractivity contribution in [1.82, 2.24) is 0 Å². The lowest BCUT2D eigenvalue weighted by Crippen LogP contribution is -2.55. The van der Waals surface area contributed by atoms with Gasteiger partial charge in [0.2, 0.25) is 0 Å². The molecule has 0 unspecified atom stereocenters. The van der Waals surface area contributed by atoms with E-state index in [9.17, 15) is 9.90 Å². The fourth-order valence-electron chi connectivity index (χ4n) is 13.3. The van der Waals surface area contributed by atoms with Crippen LogP contribution >= 0.6 is 0 Å². The largest absolute Gasteiger partial charge is 0.481 e. The Labute approximate surface area is 474 Å². The van der Waals surface area contributed by atoms with Gasteiger partial charge in [0.05, 0.1) is 5.41 Å². The number of carboxylic acids is 4. The highest BCUT2D eigenvalue weighted by Crippen LogP contribution is 2.69. The molecular formula is C68H136O8. The molecule has 0 amide bonds. The van der Waals surface area contributed by atoms with Crippen LogP contribution < -0.4 is 0 Å². The number of hydrogen-bond donors (Lipinski definition) is 4. The van der Waals surface area contributed by atoms with E-state index < -0.39 is 29.3 Å². The minimum absolute atomic E-state index is 0.280. The van der Waals surface area contributed by atoms with E-state index in [1.807, 2.05) is 0 Å². The zero-order valence-corrected chi connectivity index (χ0v) is 53.4. The fourth-order valence-corrected chi connectivity index (χ4v) is 13.3. The zero-order chi connectivity index (χ0) is 58.3. The van der Waals surface area contributed by atoms with Crippen molar-refractivity contribution < 1.29 is 39.6 Å². The van der Waals surface area contributed by atoms with E-state index in [0.717, 1.165) is 59.3 Å². The van der Waals surface area contributed by atoms with Crippen molar-refractivity contribution >= 4 is 23.9 Å². The molecule has 76 heavy (non-hydrogen) atoms. The van der Waals surface area contributed by atoms with E-state index in [-0.39, 0.29) is 5.41 Å². The molecule has 4 N–H and O–H groups in total. The molecular weight excluding hydrogens is 945 g/mol. The van der Waals surface area contributed by atoms with Crippen molar-refractivity contribution in [2.24, 2.45) is 21.7 Å². The van der Waals surface area contributed by atoms with Gasteiger partial charge in [-0.2, -0.15) is 0 Å². The van der Waals surface area contributed by atoms with Crippen molar-refractivity contribution in [3.8, 4) is 0 Å². The highest BCUT2D eigenvalue weighted by Gasteiger charge is 2.59. The van der Waals surface area contributed by atoms with Crippen LogP contribution in [0.5, 0.6) is 0 Å². The fraction of sp³-hybridized carbons (Fsp3) is 0.941. The molecule has 0 aromatic heterocycles. The Morgan fingerprint density at radius 2 is 0.395 bits per heavy atom. The Balaban J connectivity index is -0.00000193. The second-order valence-corrected chi connectivity index (χ2v) is 23.9. The third-order valence-corrected chi connectivity index (χ3v) is 17.3. The summed E-state index contributed by atoms with van der Waals surface area (Å²) in [6.07, 6.45) is 62.9. The second-order valence-electron chi connectivity index (χ2n) is 23.9. The molecule has 0 aromatic rings. The Morgan fingerprint density at radius 3 is 0.579 bits per heavy atom. The molecule has 0 saturated heterocycles. The SMILES string of the molecule is CC(=O)O.CC(=O)O.CC(=O)O.CCCCCCC(CCCCCC)(CCCC(CCCCCC)(CCCCCC)C(CCCCCC)(CCCCCC)C(CCCCCC)(CCCCCC)CCCCCC)C(=O)O. The summed E-state index contributed by atoms with van der Waals surface area (Å²) < 4.78 is 0. The van der Waals surface area contributed by atoms with Crippen molar-refractivity contribution in [1.29, 1.82) is 0 Å². The van der Waals surface area contributed by atoms with E-state index in [2.05, 4.69) is 62.3 Å². The van der Waals surface area contributed by atoms with Crippen molar-refractivity contribution in [2.75, 3.05) is 0 Å². The number of carbonyl (C=O) groups is 4. The average Bonchev–Trinajstić information content (AvgIpc) is 3.36. The smallest absolute Gasteiger partial charge is 0.309 e. The third kappa shape index (κ3) is 41.9. The molecule has 0 aliphatic heterocycles.